The van der Waals surface area contributed by atoms with Crippen molar-refractivity contribution in [3.05, 3.63) is 51.3 Å². The maximum Gasteiger partial charge on any atom is 0.0349 e. The average molecular weight is 277 g/mol. The largest absolute Gasteiger partial charge is 0.144 e. The molecule has 1 aromatic carbocycles. The van der Waals surface area contributed by atoms with E-state index in [-0.39, 0.29) is 0 Å². The van der Waals surface area contributed by atoms with Gasteiger partial charge in [-0.2, -0.15) is 0 Å². The smallest absolute Gasteiger partial charge is 0.0349 e. The van der Waals surface area contributed by atoms with E-state index in [1.807, 2.05) is 0 Å². The maximum atomic E-state index is 3.58. The van der Waals surface area contributed by atoms with Gasteiger partial charge in [-0.25, -0.2) is 0 Å². The fourth-order valence-electron chi connectivity index (χ4n) is 1.98. The van der Waals surface area contributed by atoms with E-state index < -0.39 is 0 Å². The molecule has 0 N–H and O–H groups in total. The van der Waals surface area contributed by atoms with Gasteiger partial charge in [-0.15, -0.1) is 11.3 Å². The Bertz CT molecular complexity index is 524. The molecule has 0 atom stereocenters. The molecule has 2 heteroatoms. The highest BCUT2D eigenvalue weighted by Gasteiger charge is 2.13. The molecule has 74 valence electrons. The summed E-state index contributed by atoms with van der Waals surface area (Å²) < 4.78 is 1.17. The molecule has 1 heterocycles. The Balaban J connectivity index is 2.27. The molecule has 0 radical (unpaired) electrons. The van der Waals surface area contributed by atoms with Crippen molar-refractivity contribution in [2.75, 3.05) is 0 Å². The molecule has 1 aliphatic rings. The molecule has 0 saturated carbocycles. The third kappa shape index (κ3) is 1.58. The summed E-state index contributed by atoms with van der Waals surface area (Å²) in [5.41, 5.74) is 4.16. The van der Waals surface area contributed by atoms with Crippen LogP contribution in [0.4, 0.5) is 0 Å². The highest BCUT2D eigenvalue weighted by molar-refractivity contribution is 9.10. The Hall–Kier alpha value is -0.860. The quantitative estimate of drug-likeness (QED) is 0.705. The van der Waals surface area contributed by atoms with E-state index in [4.69, 9.17) is 0 Å². The van der Waals surface area contributed by atoms with Crippen molar-refractivity contribution in [1.82, 2.24) is 0 Å². The zero-order chi connectivity index (χ0) is 10.3. The number of hydrogen-bond donors (Lipinski definition) is 0. The number of benzene rings is 1. The number of rotatable bonds is 1. The lowest BCUT2D eigenvalue weighted by atomic mass is 10.0. The minimum atomic E-state index is 1.06. The van der Waals surface area contributed by atoms with Gasteiger partial charge in [0.2, 0.25) is 0 Å². The summed E-state index contributed by atoms with van der Waals surface area (Å²) in [7, 11) is 0. The van der Waals surface area contributed by atoms with Crippen LogP contribution in [0.2, 0.25) is 0 Å². The zero-order valence-corrected chi connectivity index (χ0v) is 10.4. The molecule has 3 rings (SSSR count). The van der Waals surface area contributed by atoms with E-state index in [9.17, 15) is 0 Å². The Morgan fingerprint density at radius 3 is 3.00 bits per heavy atom. The second kappa shape index (κ2) is 3.62. The normalized spacial score (nSPS) is 13.1. The van der Waals surface area contributed by atoms with Gasteiger partial charge in [0, 0.05) is 14.9 Å². The summed E-state index contributed by atoms with van der Waals surface area (Å²) in [4.78, 5) is 1.35. The van der Waals surface area contributed by atoms with Crippen molar-refractivity contribution >= 4 is 33.3 Å². The lowest BCUT2D eigenvalue weighted by Gasteiger charge is -2.07. The number of fused-ring (bicyclic) bond motifs is 1. The molecule has 1 aliphatic carbocycles. The molecular formula is C13H9BrS. The highest BCUT2D eigenvalue weighted by Crippen LogP contribution is 2.36. The molecule has 0 unspecified atom stereocenters. The van der Waals surface area contributed by atoms with Crippen LogP contribution < -0.4 is 0 Å². The minimum absolute atomic E-state index is 1.06. The Kier molecular flexibility index (Phi) is 2.26. The second-order valence-electron chi connectivity index (χ2n) is 3.61. The Morgan fingerprint density at radius 1 is 1.27 bits per heavy atom. The molecular weight excluding hydrogens is 268 g/mol. The van der Waals surface area contributed by atoms with Crippen molar-refractivity contribution in [3.8, 4) is 10.4 Å². The van der Waals surface area contributed by atoms with Crippen LogP contribution in [0.15, 0.2) is 40.2 Å². The summed E-state index contributed by atoms with van der Waals surface area (Å²) >= 11 is 5.37. The van der Waals surface area contributed by atoms with Crippen LogP contribution in [0, 0.1) is 0 Å². The van der Waals surface area contributed by atoms with E-state index in [0.717, 1.165) is 6.42 Å². The fourth-order valence-corrected chi connectivity index (χ4v) is 3.24. The Labute approximate surface area is 101 Å². The Morgan fingerprint density at radius 2 is 2.20 bits per heavy atom. The van der Waals surface area contributed by atoms with Gasteiger partial charge in [0.15, 0.2) is 0 Å². The summed E-state index contributed by atoms with van der Waals surface area (Å²) in [6.45, 7) is 0. The summed E-state index contributed by atoms with van der Waals surface area (Å²) in [5, 5.41) is 2.13. The zero-order valence-electron chi connectivity index (χ0n) is 8.03. The van der Waals surface area contributed by atoms with Crippen molar-refractivity contribution in [1.29, 1.82) is 0 Å². The van der Waals surface area contributed by atoms with Crippen LogP contribution in [-0.2, 0) is 6.42 Å². The lowest BCUT2D eigenvalue weighted by Crippen LogP contribution is -1.86. The average Bonchev–Trinajstić information content (AvgIpc) is 2.86. The van der Waals surface area contributed by atoms with Crippen LogP contribution in [0.25, 0.3) is 16.5 Å². The van der Waals surface area contributed by atoms with Crippen LogP contribution >= 0.6 is 27.3 Å². The van der Waals surface area contributed by atoms with Gasteiger partial charge < -0.3 is 0 Å². The van der Waals surface area contributed by atoms with Gasteiger partial charge in [0.1, 0.15) is 0 Å². The summed E-state index contributed by atoms with van der Waals surface area (Å²) in [6, 6.07) is 8.71. The number of thiophene rings is 1. The van der Waals surface area contributed by atoms with Crippen LogP contribution in [0.1, 0.15) is 11.1 Å². The van der Waals surface area contributed by atoms with E-state index in [1.165, 1.54) is 26.0 Å². The molecule has 2 aromatic rings. The van der Waals surface area contributed by atoms with E-state index in [0.29, 0.717) is 0 Å². The van der Waals surface area contributed by atoms with E-state index >= 15 is 0 Å². The molecule has 1 aromatic heterocycles. The van der Waals surface area contributed by atoms with Gasteiger partial charge in [0.05, 0.1) is 0 Å². The molecule has 0 nitrogen and oxygen atoms in total. The highest BCUT2D eigenvalue weighted by atomic mass is 79.9. The molecule has 15 heavy (non-hydrogen) atoms. The first-order valence-electron chi connectivity index (χ1n) is 4.87. The van der Waals surface area contributed by atoms with Gasteiger partial charge in [-0.1, -0.05) is 34.1 Å². The standard InChI is InChI=1S/C13H9BrS/c14-10-7-9-3-1-4-11(9)12(8-10)13-5-2-6-15-13/h1-2,4-8H,3H2. The summed E-state index contributed by atoms with van der Waals surface area (Å²) in [6.07, 6.45) is 5.53. The molecule has 0 aliphatic heterocycles. The predicted octanol–water partition coefficient (Wildman–Crippen LogP) is 4.75. The first-order chi connectivity index (χ1) is 7.34. The fraction of sp³-hybridized carbons (Fsp3) is 0.0769. The predicted molar refractivity (Wildman–Crippen MR) is 70.2 cm³/mol. The molecule has 0 amide bonds. The van der Waals surface area contributed by atoms with E-state index in [1.54, 1.807) is 11.3 Å². The topological polar surface area (TPSA) is 0 Å². The van der Waals surface area contributed by atoms with Crippen molar-refractivity contribution < 1.29 is 0 Å². The monoisotopic (exact) mass is 276 g/mol. The lowest BCUT2D eigenvalue weighted by molar-refractivity contribution is 1.30. The van der Waals surface area contributed by atoms with E-state index in [2.05, 4.69) is 57.7 Å². The van der Waals surface area contributed by atoms with Crippen molar-refractivity contribution in [2.24, 2.45) is 0 Å². The van der Waals surface area contributed by atoms with Crippen molar-refractivity contribution in [2.45, 2.75) is 6.42 Å². The SMILES string of the molecule is Brc1cc2c(c(-c3cccs3)c1)C=CC2. The van der Waals surface area contributed by atoms with Crippen molar-refractivity contribution in [3.63, 3.8) is 0 Å². The van der Waals surface area contributed by atoms with Crippen LogP contribution in [0.3, 0.4) is 0 Å². The van der Waals surface area contributed by atoms with Gasteiger partial charge in [0.25, 0.3) is 0 Å². The van der Waals surface area contributed by atoms with Crippen LogP contribution in [-0.4, -0.2) is 0 Å². The summed E-state index contributed by atoms with van der Waals surface area (Å²) in [5.74, 6) is 0. The first-order valence-corrected chi connectivity index (χ1v) is 6.55. The molecule has 0 bridgehead atoms. The molecule has 0 fully saturated rings. The third-order valence-electron chi connectivity index (χ3n) is 2.64. The number of hydrogen-bond acceptors (Lipinski definition) is 1. The third-order valence-corrected chi connectivity index (χ3v) is 4.00. The van der Waals surface area contributed by atoms with Crippen LogP contribution in [0.5, 0.6) is 0 Å². The maximum absolute atomic E-state index is 3.58. The second-order valence-corrected chi connectivity index (χ2v) is 5.47. The first kappa shape index (κ1) is 9.37. The number of halogens is 1. The number of allylic oxidation sites excluding steroid dienone is 1. The molecule has 0 saturated heterocycles. The van der Waals surface area contributed by atoms with Gasteiger partial charge >= 0.3 is 0 Å². The van der Waals surface area contributed by atoms with Gasteiger partial charge in [-0.05, 0) is 41.1 Å². The van der Waals surface area contributed by atoms with Gasteiger partial charge in [-0.3, -0.25) is 0 Å². The molecule has 0 spiro atoms. The minimum Gasteiger partial charge on any atom is -0.144 e.